The Bertz CT molecular complexity index is 773. The minimum atomic E-state index is -4.61. The van der Waals surface area contributed by atoms with E-state index in [0.29, 0.717) is 17.1 Å². The summed E-state index contributed by atoms with van der Waals surface area (Å²) in [5, 5.41) is 1.99. The van der Waals surface area contributed by atoms with Gasteiger partial charge in [0.1, 0.15) is 11.5 Å². The molecule has 4 nitrogen and oxygen atoms in total. The summed E-state index contributed by atoms with van der Waals surface area (Å²) in [5.41, 5.74) is 0.496. The molecule has 0 radical (unpaired) electrons. The lowest BCUT2D eigenvalue weighted by atomic mass is 10.1. The second-order valence-electron chi connectivity index (χ2n) is 5.34. The Hall–Kier alpha value is -2.96. The fourth-order valence-electron chi connectivity index (χ4n) is 2.31. The van der Waals surface area contributed by atoms with Gasteiger partial charge >= 0.3 is 6.18 Å². The van der Waals surface area contributed by atoms with E-state index in [1.807, 2.05) is 5.32 Å². The molecule has 0 spiro atoms. The SMILES string of the molecule is COc1ccc(/C=C/C(=O)N[C@@H](c2ccccc2)C(F)(F)F)c(OC)c1. The molecule has 7 heteroatoms. The van der Waals surface area contributed by atoms with Crippen LogP contribution >= 0.6 is 0 Å². The van der Waals surface area contributed by atoms with E-state index >= 15 is 0 Å². The van der Waals surface area contributed by atoms with E-state index in [4.69, 9.17) is 9.47 Å². The van der Waals surface area contributed by atoms with Gasteiger partial charge in [-0.25, -0.2) is 0 Å². The number of methoxy groups -OCH3 is 2. The highest BCUT2D eigenvalue weighted by Gasteiger charge is 2.41. The number of hydrogen-bond acceptors (Lipinski definition) is 3. The van der Waals surface area contributed by atoms with Crippen LogP contribution in [0.5, 0.6) is 11.5 Å². The van der Waals surface area contributed by atoms with Gasteiger partial charge in [0, 0.05) is 17.7 Å². The molecular formula is C19H18F3NO3. The fourth-order valence-corrected chi connectivity index (χ4v) is 2.31. The Morgan fingerprint density at radius 2 is 1.77 bits per heavy atom. The highest BCUT2D eigenvalue weighted by atomic mass is 19.4. The van der Waals surface area contributed by atoms with Gasteiger partial charge in [0.15, 0.2) is 6.04 Å². The Kier molecular flexibility index (Phi) is 6.27. The largest absolute Gasteiger partial charge is 0.497 e. The van der Waals surface area contributed by atoms with Gasteiger partial charge in [-0.15, -0.1) is 0 Å². The van der Waals surface area contributed by atoms with Crippen molar-refractivity contribution in [2.45, 2.75) is 12.2 Å². The number of rotatable bonds is 6. The maximum absolute atomic E-state index is 13.3. The Balaban J connectivity index is 2.17. The van der Waals surface area contributed by atoms with Crippen molar-refractivity contribution >= 4 is 12.0 Å². The first kappa shape index (κ1) is 19.4. The van der Waals surface area contributed by atoms with Gasteiger partial charge < -0.3 is 14.8 Å². The van der Waals surface area contributed by atoms with Gasteiger partial charge in [0.2, 0.25) is 5.91 Å². The van der Waals surface area contributed by atoms with Crippen molar-refractivity contribution in [2.75, 3.05) is 14.2 Å². The standard InChI is InChI=1S/C19H18F3NO3/c1-25-15-10-8-13(16(12-15)26-2)9-11-17(24)23-18(19(20,21)22)14-6-4-3-5-7-14/h3-12,18H,1-2H3,(H,23,24)/b11-9+/t18-/m0/s1. The quantitative estimate of drug-likeness (QED) is 0.783. The number of alkyl halides is 3. The van der Waals surface area contributed by atoms with Crippen LogP contribution in [0.15, 0.2) is 54.6 Å². The fraction of sp³-hybridized carbons (Fsp3) is 0.211. The van der Waals surface area contributed by atoms with Crippen LogP contribution in [0.2, 0.25) is 0 Å². The lowest BCUT2D eigenvalue weighted by Crippen LogP contribution is -2.37. The zero-order valence-corrected chi connectivity index (χ0v) is 14.2. The molecule has 0 heterocycles. The molecule has 0 saturated heterocycles. The van der Waals surface area contributed by atoms with Crippen LogP contribution in [0.25, 0.3) is 6.08 Å². The van der Waals surface area contributed by atoms with Crippen molar-refractivity contribution in [3.63, 3.8) is 0 Å². The number of benzene rings is 2. The summed E-state index contributed by atoms with van der Waals surface area (Å²) in [6, 6.07) is 10.0. The summed E-state index contributed by atoms with van der Waals surface area (Å²) in [6.45, 7) is 0. The summed E-state index contributed by atoms with van der Waals surface area (Å²) in [6.07, 6.45) is -2.19. The molecule has 0 aliphatic heterocycles. The molecule has 0 fully saturated rings. The highest BCUT2D eigenvalue weighted by molar-refractivity contribution is 5.92. The molecule has 0 aliphatic carbocycles. The number of hydrogen-bond donors (Lipinski definition) is 1. The predicted molar refractivity (Wildman–Crippen MR) is 92.0 cm³/mol. The number of carbonyl (C=O) groups excluding carboxylic acids is 1. The summed E-state index contributed by atoms with van der Waals surface area (Å²) >= 11 is 0. The molecule has 138 valence electrons. The van der Waals surface area contributed by atoms with Gasteiger partial charge in [-0.1, -0.05) is 30.3 Å². The van der Waals surface area contributed by atoms with Crippen LogP contribution in [-0.4, -0.2) is 26.3 Å². The smallest absolute Gasteiger partial charge is 0.412 e. The third-order valence-electron chi connectivity index (χ3n) is 3.60. The Morgan fingerprint density at radius 1 is 1.08 bits per heavy atom. The number of nitrogens with one attached hydrogen (secondary N) is 1. The van der Waals surface area contributed by atoms with E-state index in [0.717, 1.165) is 6.08 Å². The minimum Gasteiger partial charge on any atom is -0.497 e. The van der Waals surface area contributed by atoms with Gasteiger partial charge in [-0.05, 0) is 23.8 Å². The number of carbonyl (C=O) groups is 1. The second-order valence-corrected chi connectivity index (χ2v) is 5.34. The number of ether oxygens (including phenoxy) is 2. The maximum atomic E-state index is 13.3. The molecule has 2 aromatic carbocycles. The van der Waals surface area contributed by atoms with Crippen LogP contribution < -0.4 is 14.8 Å². The van der Waals surface area contributed by atoms with Crippen molar-refractivity contribution < 1.29 is 27.4 Å². The zero-order chi connectivity index (χ0) is 19.2. The van der Waals surface area contributed by atoms with Crippen molar-refractivity contribution in [3.05, 3.63) is 65.7 Å². The topological polar surface area (TPSA) is 47.6 Å². The molecule has 1 amide bonds. The monoisotopic (exact) mass is 365 g/mol. The van der Waals surface area contributed by atoms with Crippen LogP contribution in [0.4, 0.5) is 13.2 Å². The van der Waals surface area contributed by atoms with Crippen molar-refractivity contribution in [3.8, 4) is 11.5 Å². The molecule has 1 atom stereocenters. The van der Waals surface area contributed by atoms with Gasteiger partial charge in [0.25, 0.3) is 0 Å². The number of halogens is 3. The minimum absolute atomic E-state index is 0.0382. The van der Waals surface area contributed by atoms with E-state index in [2.05, 4.69) is 0 Å². The zero-order valence-electron chi connectivity index (χ0n) is 14.2. The van der Waals surface area contributed by atoms with Crippen molar-refractivity contribution in [1.82, 2.24) is 5.32 Å². The van der Waals surface area contributed by atoms with E-state index in [9.17, 15) is 18.0 Å². The molecule has 0 unspecified atom stereocenters. The molecule has 0 bridgehead atoms. The highest BCUT2D eigenvalue weighted by Crippen LogP contribution is 2.32. The van der Waals surface area contributed by atoms with Crippen LogP contribution in [0.3, 0.4) is 0 Å². The maximum Gasteiger partial charge on any atom is 0.412 e. The predicted octanol–water partition coefficient (Wildman–Crippen LogP) is 4.14. The van der Waals surface area contributed by atoms with Gasteiger partial charge in [-0.2, -0.15) is 13.2 Å². The molecule has 1 N–H and O–H groups in total. The average molecular weight is 365 g/mol. The summed E-state index contributed by atoms with van der Waals surface area (Å²) in [7, 11) is 2.94. The molecule has 2 aromatic rings. The van der Waals surface area contributed by atoms with E-state index in [-0.39, 0.29) is 5.56 Å². The van der Waals surface area contributed by atoms with E-state index in [1.165, 1.54) is 44.6 Å². The third-order valence-corrected chi connectivity index (χ3v) is 3.60. The average Bonchev–Trinajstić information content (AvgIpc) is 2.64. The van der Waals surface area contributed by atoms with E-state index < -0.39 is 18.1 Å². The van der Waals surface area contributed by atoms with Gasteiger partial charge in [0.05, 0.1) is 14.2 Å². The molecule has 26 heavy (non-hydrogen) atoms. The van der Waals surface area contributed by atoms with Crippen LogP contribution in [0, 0.1) is 0 Å². The first-order chi connectivity index (χ1) is 12.3. The summed E-state index contributed by atoms with van der Waals surface area (Å²) < 4.78 is 50.0. The Labute approximate surface area is 149 Å². The summed E-state index contributed by atoms with van der Waals surface area (Å²) in [5.74, 6) is 0.127. The molecule has 0 aliphatic rings. The lowest BCUT2D eigenvalue weighted by molar-refractivity contribution is -0.162. The molecule has 0 saturated carbocycles. The lowest BCUT2D eigenvalue weighted by Gasteiger charge is -2.21. The second kappa shape index (κ2) is 8.42. The molecule has 0 aromatic heterocycles. The van der Waals surface area contributed by atoms with Gasteiger partial charge in [-0.3, -0.25) is 4.79 Å². The summed E-state index contributed by atoms with van der Waals surface area (Å²) in [4.78, 5) is 12.0. The number of amides is 1. The van der Waals surface area contributed by atoms with Crippen molar-refractivity contribution in [2.24, 2.45) is 0 Å². The van der Waals surface area contributed by atoms with Crippen LogP contribution in [0.1, 0.15) is 17.2 Å². The molecular weight excluding hydrogens is 347 g/mol. The first-order valence-corrected chi connectivity index (χ1v) is 7.67. The Morgan fingerprint density at radius 3 is 2.35 bits per heavy atom. The third kappa shape index (κ3) is 5.02. The van der Waals surface area contributed by atoms with E-state index in [1.54, 1.807) is 24.3 Å². The molecule has 2 rings (SSSR count). The van der Waals surface area contributed by atoms with Crippen LogP contribution in [-0.2, 0) is 4.79 Å². The van der Waals surface area contributed by atoms with Crippen molar-refractivity contribution in [1.29, 1.82) is 0 Å². The first-order valence-electron chi connectivity index (χ1n) is 7.67. The normalized spacial score (nSPS) is 12.7.